The van der Waals surface area contributed by atoms with E-state index in [-0.39, 0.29) is 5.56 Å². The lowest BCUT2D eigenvalue weighted by atomic mass is 10.3. The Labute approximate surface area is 108 Å². The van der Waals surface area contributed by atoms with Crippen LogP contribution in [0.1, 0.15) is 18.7 Å². The van der Waals surface area contributed by atoms with Crippen molar-refractivity contribution >= 4 is 33.8 Å². The van der Waals surface area contributed by atoms with Gasteiger partial charge < -0.3 is 4.98 Å². The van der Waals surface area contributed by atoms with Gasteiger partial charge in [0.15, 0.2) is 4.77 Å². The highest BCUT2D eigenvalue weighted by Gasteiger charge is 2.08. The third-order valence-electron chi connectivity index (χ3n) is 2.50. The first-order valence-electron chi connectivity index (χ1n) is 5.43. The van der Waals surface area contributed by atoms with E-state index in [4.69, 9.17) is 12.2 Å². The first-order chi connectivity index (χ1) is 8.02. The molecule has 0 saturated carbocycles. The van der Waals surface area contributed by atoms with Crippen LogP contribution in [0.2, 0.25) is 0 Å². The van der Waals surface area contributed by atoms with Crippen LogP contribution in [-0.2, 0) is 13.0 Å². The molecule has 1 N–H and O–H groups in total. The standard InChI is InChI=1S/C12H14N2OS2/c1-4-8-5-9-10(17-8)13-12(16)14(11(9)15)6-7(2)3/h5H,2,4,6H2,1,3H3,(H,13,16). The van der Waals surface area contributed by atoms with Crippen molar-refractivity contribution in [2.75, 3.05) is 0 Å². The first kappa shape index (κ1) is 12.3. The molecule has 0 unspecified atom stereocenters. The second kappa shape index (κ2) is 4.58. The molecule has 90 valence electrons. The molecule has 2 heterocycles. The van der Waals surface area contributed by atoms with Gasteiger partial charge in [0.05, 0.1) is 5.39 Å². The van der Waals surface area contributed by atoms with Gasteiger partial charge in [0.1, 0.15) is 4.83 Å². The summed E-state index contributed by atoms with van der Waals surface area (Å²) in [4.78, 5) is 17.4. The molecule has 2 aromatic rings. The van der Waals surface area contributed by atoms with Crippen LogP contribution in [0.25, 0.3) is 10.2 Å². The predicted molar refractivity (Wildman–Crippen MR) is 75.5 cm³/mol. The zero-order chi connectivity index (χ0) is 12.6. The molecule has 0 aliphatic carbocycles. The Morgan fingerprint density at radius 3 is 2.94 bits per heavy atom. The third-order valence-corrected chi connectivity index (χ3v) is 4.02. The highest BCUT2D eigenvalue weighted by molar-refractivity contribution is 7.71. The predicted octanol–water partition coefficient (Wildman–Crippen LogP) is 3.26. The molecule has 5 heteroatoms. The van der Waals surface area contributed by atoms with Crippen molar-refractivity contribution in [2.24, 2.45) is 0 Å². The van der Waals surface area contributed by atoms with Gasteiger partial charge in [-0.3, -0.25) is 9.36 Å². The third kappa shape index (κ3) is 2.25. The molecule has 0 aliphatic rings. The van der Waals surface area contributed by atoms with Gasteiger partial charge in [0, 0.05) is 11.4 Å². The number of aromatic amines is 1. The Kier molecular flexibility index (Phi) is 3.31. The minimum absolute atomic E-state index is 0.0253. The Morgan fingerprint density at radius 2 is 2.35 bits per heavy atom. The number of H-pyrrole nitrogens is 1. The first-order valence-corrected chi connectivity index (χ1v) is 6.65. The number of aromatic nitrogens is 2. The Hall–Kier alpha value is -1.20. The number of nitrogens with one attached hydrogen (secondary N) is 1. The van der Waals surface area contributed by atoms with Gasteiger partial charge >= 0.3 is 0 Å². The van der Waals surface area contributed by atoms with Gasteiger partial charge in [-0.05, 0) is 31.6 Å². The largest absolute Gasteiger partial charge is 0.323 e. The number of allylic oxidation sites excluding steroid dienone is 1. The highest BCUT2D eigenvalue weighted by Crippen LogP contribution is 2.21. The summed E-state index contributed by atoms with van der Waals surface area (Å²) in [5, 5.41) is 0.724. The van der Waals surface area contributed by atoms with Gasteiger partial charge in [-0.25, -0.2) is 0 Å². The lowest BCUT2D eigenvalue weighted by Gasteiger charge is -2.05. The van der Waals surface area contributed by atoms with Crippen LogP contribution in [0.4, 0.5) is 0 Å². The van der Waals surface area contributed by atoms with Gasteiger partial charge in [-0.2, -0.15) is 0 Å². The number of thiophene rings is 1. The molecule has 0 aliphatic heterocycles. The van der Waals surface area contributed by atoms with Crippen molar-refractivity contribution < 1.29 is 0 Å². The van der Waals surface area contributed by atoms with E-state index >= 15 is 0 Å². The molecule has 17 heavy (non-hydrogen) atoms. The Morgan fingerprint density at radius 1 is 1.65 bits per heavy atom. The van der Waals surface area contributed by atoms with E-state index in [0.29, 0.717) is 11.3 Å². The lowest BCUT2D eigenvalue weighted by molar-refractivity contribution is 0.726. The molecular formula is C12H14N2OS2. The highest BCUT2D eigenvalue weighted by atomic mass is 32.1. The van der Waals surface area contributed by atoms with E-state index in [9.17, 15) is 4.79 Å². The lowest BCUT2D eigenvalue weighted by Crippen LogP contribution is -2.21. The average molecular weight is 266 g/mol. The fourth-order valence-corrected chi connectivity index (χ4v) is 2.99. The van der Waals surface area contributed by atoms with E-state index in [1.807, 2.05) is 13.0 Å². The molecule has 0 aromatic carbocycles. The molecule has 0 saturated heterocycles. The fraction of sp³-hybridized carbons (Fsp3) is 0.333. The maximum atomic E-state index is 12.3. The smallest absolute Gasteiger partial charge is 0.263 e. The normalized spacial score (nSPS) is 10.9. The Bertz CT molecular complexity index is 691. The van der Waals surface area contributed by atoms with Crippen molar-refractivity contribution in [1.82, 2.24) is 9.55 Å². The number of hydrogen-bond acceptors (Lipinski definition) is 3. The maximum Gasteiger partial charge on any atom is 0.263 e. The minimum Gasteiger partial charge on any atom is -0.323 e. The van der Waals surface area contributed by atoms with Gasteiger partial charge in [0.25, 0.3) is 5.56 Å². The number of aryl methyl sites for hydroxylation is 1. The van der Waals surface area contributed by atoms with E-state index in [1.165, 1.54) is 4.88 Å². The number of hydrogen-bond donors (Lipinski definition) is 1. The summed E-state index contributed by atoms with van der Waals surface area (Å²) in [7, 11) is 0. The molecule has 0 bridgehead atoms. The number of rotatable bonds is 3. The van der Waals surface area contributed by atoms with Crippen LogP contribution in [0.3, 0.4) is 0 Å². The van der Waals surface area contributed by atoms with Gasteiger partial charge in [0.2, 0.25) is 0 Å². The topological polar surface area (TPSA) is 37.8 Å². The molecular weight excluding hydrogens is 252 g/mol. The SMILES string of the molecule is C=C(C)Cn1c(=S)[nH]c2sc(CC)cc2c1=O. The summed E-state index contributed by atoms with van der Waals surface area (Å²) >= 11 is 6.80. The Balaban J connectivity index is 2.74. The molecule has 0 atom stereocenters. The molecule has 3 nitrogen and oxygen atoms in total. The summed E-state index contributed by atoms with van der Waals surface area (Å²) in [6.07, 6.45) is 0.930. The molecule has 0 amide bonds. The van der Waals surface area contributed by atoms with Crippen molar-refractivity contribution in [3.8, 4) is 0 Å². The second-order valence-corrected chi connectivity index (χ2v) is 5.61. The summed E-state index contributed by atoms with van der Waals surface area (Å²) in [5.41, 5.74) is 0.889. The summed E-state index contributed by atoms with van der Waals surface area (Å²) in [6.45, 7) is 8.25. The monoisotopic (exact) mass is 266 g/mol. The molecule has 0 fully saturated rings. The minimum atomic E-state index is -0.0253. The van der Waals surface area contributed by atoms with Crippen molar-refractivity contribution in [1.29, 1.82) is 0 Å². The summed E-state index contributed by atoms with van der Waals surface area (Å²) in [6, 6.07) is 1.95. The number of fused-ring (bicyclic) bond motifs is 1. The zero-order valence-electron chi connectivity index (χ0n) is 9.87. The van der Waals surface area contributed by atoms with E-state index in [1.54, 1.807) is 15.9 Å². The van der Waals surface area contributed by atoms with Crippen molar-refractivity contribution in [3.05, 3.63) is 38.2 Å². The van der Waals surface area contributed by atoms with Gasteiger partial charge in [-0.1, -0.05) is 19.1 Å². The van der Waals surface area contributed by atoms with Crippen LogP contribution >= 0.6 is 23.6 Å². The molecule has 0 spiro atoms. The number of nitrogens with zero attached hydrogens (tertiary/aromatic N) is 1. The van der Waals surface area contributed by atoms with E-state index in [0.717, 1.165) is 22.2 Å². The van der Waals surface area contributed by atoms with Crippen LogP contribution in [0.5, 0.6) is 0 Å². The maximum absolute atomic E-state index is 12.3. The van der Waals surface area contributed by atoms with Crippen molar-refractivity contribution in [3.63, 3.8) is 0 Å². The van der Waals surface area contributed by atoms with Crippen molar-refractivity contribution in [2.45, 2.75) is 26.8 Å². The zero-order valence-corrected chi connectivity index (χ0v) is 11.5. The summed E-state index contributed by atoms with van der Waals surface area (Å²) in [5.74, 6) is 0. The molecule has 2 aromatic heterocycles. The average Bonchev–Trinajstić information content (AvgIpc) is 2.67. The molecule has 0 radical (unpaired) electrons. The van der Waals surface area contributed by atoms with E-state index in [2.05, 4.69) is 18.5 Å². The van der Waals surface area contributed by atoms with Gasteiger partial charge in [-0.15, -0.1) is 11.3 Å². The van der Waals surface area contributed by atoms with Crippen LogP contribution in [0.15, 0.2) is 23.0 Å². The molecule has 2 rings (SSSR count). The summed E-state index contributed by atoms with van der Waals surface area (Å²) < 4.78 is 2.03. The van der Waals surface area contributed by atoms with Crippen LogP contribution in [0, 0.1) is 4.77 Å². The second-order valence-electron chi connectivity index (χ2n) is 4.09. The van der Waals surface area contributed by atoms with E-state index < -0.39 is 0 Å². The fourth-order valence-electron chi connectivity index (χ4n) is 1.68. The van der Waals surface area contributed by atoms with Crippen LogP contribution in [-0.4, -0.2) is 9.55 Å². The van der Waals surface area contributed by atoms with Crippen LogP contribution < -0.4 is 5.56 Å². The quantitative estimate of drug-likeness (QED) is 0.684.